The lowest BCUT2D eigenvalue weighted by molar-refractivity contribution is -0.148. The van der Waals surface area contributed by atoms with Crippen LogP contribution in [0.5, 0.6) is 0 Å². The first-order valence-electron chi connectivity index (χ1n) is 8.58. The summed E-state index contributed by atoms with van der Waals surface area (Å²) < 4.78 is 43.7. The summed E-state index contributed by atoms with van der Waals surface area (Å²) in [6.07, 6.45) is -2.84. The van der Waals surface area contributed by atoms with Gasteiger partial charge in [0, 0.05) is 19.5 Å². The highest BCUT2D eigenvalue weighted by Gasteiger charge is 2.32. The van der Waals surface area contributed by atoms with E-state index >= 15 is 0 Å². The lowest BCUT2D eigenvalue weighted by Crippen LogP contribution is -2.24. The molecule has 9 heteroatoms. The Morgan fingerprint density at radius 3 is 2.41 bits per heavy atom. The smallest absolute Gasteiger partial charge is 0.416 e. The third kappa shape index (κ3) is 6.26. The molecule has 0 aromatic heterocycles. The average Bonchev–Trinajstić information content (AvgIpc) is 3.11. The summed E-state index contributed by atoms with van der Waals surface area (Å²) in [4.78, 5) is 36.2. The number of rotatable bonds is 7. The fourth-order valence-electron chi connectivity index (χ4n) is 2.73. The molecule has 148 valence electrons. The third-order valence-electron chi connectivity index (χ3n) is 4.09. The minimum atomic E-state index is -4.54. The standard InChI is InChI=1S/C18H21F3N2O4/c1-12(24)4-7-17(26)27-11-16(25)22-14-10-13(18(19,20)21)5-6-15(14)23-8-2-3-9-23/h5-6,10H,2-4,7-9,11H2,1H3,(H,22,25). The van der Waals surface area contributed by atoms with E-state index in [-0.39, 0.29) is 24.3 Å². The van der Waals surface area contributed by atoms with Crippen LogP contribution in [0.1, 0.15) is 38.2 Å². The molecule has 1 aromatic carbocycles. The number of hydrogen-bond donors (Lipinski definition) is 1. The summed E-state index contributed by atoms with van der Waals surface area (Å²) in [5.41, 5.74) is -0.354. The predicted octanol–water partition coefficient (Wildman–Crippen LogP) is 3.16. The fraction of sp³-hybridized carbons (Fsp3) is 0.500. The zero-order valence-corrected chi connectivity index (χ0v) is 14.9. The predicted molar refractivity (Wildman–Crippen MR) is 92.4 cm³/mol. The van der Waals surface area contributed by atoms with Crippen LogP contribution in [0, 0.1) is 0 Å². The van der Waals surface area contributed by atoms with E-state index in [9.17, 15) is 27.6 Å². The zero-order chi connectivity index (χ0) is 20.0. The van der Waals surface area contributed by atoms with Crippen LogP contribution in [0.2, 0.25) is 0 Å². The minimum absolute atomic E-state index is 0.00713. The Hall–Kier alpha value is -2.58. The first kappa shape index (κ1) is 20.7. The van der Waals surface area contributed by atoms with Gasteiger partial charge in [-0.2, -0.15) is 13.2 Å². The summed E-state index contributed by atoms with van der Waals surface area (Å²) in [5.74, 6) is -1.65. The molecule has 1 aromatic rings. The van der Waals surface area contributed by atoms with Crippen LogP contribution in [-0.4, -0.2) is 37.4 Å². The maximum absolute atomic E-state index is 13.0. The molecule has 27 heavy (non-hydrogen) atoms. The molecule has 0 atom stereocenters. The van der Waals surface area contributed by atoms with Crippen molar-refractivity contribution in [3.63, 3.8) is 0 Å². The highest BCUT2D eigenvalue weighted by atomic mass is 19.4. The number of benzene rings is 1. The quantitative estimate of drug-likeness (QED) is 0.729. The van der Waals surface area contributed by atoms with E-state index in [1.165, 1.54) is 13.0 Å². The summed E-state index contributed by atoms with van der Waals surface area (Å²) >= 11 is 0. The largest absolute Gasteiger partial charge is 0.456 e. The van der Waals surface area contributed by atoms with Gasteiger partial charge in [0.15, 0.2) is 6.61 Å². The van der Waals surface area contributed by atoms with Crippen LogP contribution in [0.15, 0.2) is 18.2 Å². The molecule has 0 radical (unpaired) electrons. The van der Waals surface area contributed by atoms with E-state index < -0.39 is 30.2 Å². The van der Waals surface area contributed by atoms with Crippen LogP contribution < -0.4 is 10.2 Å². The van der Waals surface area contributed by atoms with Crippen molar-refractivity contribution >= 4 is 29.0 Å². The molecule has 0 bridgehead atoms. The number of amides is 1. The first-order valence-corrected chi connectivity index (χ1v) is 8.58. The third-order valence-corrected chi connectivity index (χ3v) is 4.09. The number of Topliss-reactive ketones (excluding diaryl/α,β-unsaturated/α-hetero) is 1. The summed E-state index contributed by atoms with van der Waals surface area (Å²) in [6, 6.07) is 3.19. The van der Waals surface area contributed by atoms with Crippen molar-refractivity contribution < 1.29 is 32.3 Å². The zero-order valence-electron chi connectivity index (χ0n) is 14.9. The molecule has 1 amide bonds. The average molecular weight is 386 g/mol. The molecule has 1 heterocycles. The van der Waals surface area contributed by atoms with Crippen LogP contribution in [0.3, 0.4) is 0 Å². The van der Waals surface area contributed by atoms with Gasteiger partial charge in [-0.15, -0.1) is 0 Å². The van der Waals surface area contributed by atoms with Gasteiger partial charge in [0.25, 0.3) is 5.91 Å². The van der Waals surface area contributed by atoms with E-state index in [1.54, 1.807) is 0 Å². The molecule has 0 unspecified atom stereocenters. The number of carbonyl (C=O) groups is 3. The van der Waals surface area contributed by atoms with Gasteiger partial charge in [-0.25, -0.2) is 0 Å². The molecular weight excluding hydrogens is 365 g/mol. The van der Waals surface area contributed by atoms with Crippen molar-refractivity contribution in [2.75, 3.05) is 29.9 Å². The Bertz CT molecular complexity index is 713. The number of nitrogens with zero attached hydrogens (tertiary/aromatic N) is 1. The molecule has 1 N–H and O–H groups in total. The monoisotopic (exact) mass is 386 g/mol. The lowest BCUT2D eigenvalue weighted by Gasteiger charge is -2.23. The number of carbonyl (C=O) groups excluding carboxylic acids is 3. The normalized spacial score (nSPS) is 14.1. The molecule has 6 nitrogen and oxygen atoms in total. The first-order chi connectivity index (χ1) is 12.7. The lowest BCUT2D eigenvalue weighted by atomic mass is 10.1. The Morgan fingerprint density at radius 1 is 1.15 bits per heavy atom. The van der Waals surface area contributed by atoms with E-state index in [0.29, 0.717) is 18.8 Å². The Morgan fingerprint density at radius 2 is 1.81 bits per heavy atom. The van der Waals surface area contributed by atoms with Crippen LogP contribution >= 0.6 is 0 Å². The van der Waals surface area contributed by atoms with E-state index in [4.69, 9.17) is 4.74 Å². The number of ketones is 1. The Kier molecular flexibility index (Phi) is 6.81. The van der Waals surface area contributed by atoms with Crippen molar-refractivity contribution in [1.29, 1.82) is 0 Å². The molecule has 1 saturated heterocycles. The Balaban J connectivity index is 2.06. The van der Waals surface area contributed by atoms with E-state index in [1.807, 2.05) is 4.90 Å². The van der Waals surface area contributed by atoms with Crippen molar-refractivity contribution in [1.82, 2.24) is 0 Å². The summed E-state index contributed by atoms with van der Waals surface area (Å²) in [5, 5.41) is 2.40. The number of alkyl halides is 3. The second kappa shape index (κ2) is 8.88. The van der Waals surface area contributed by atoms with Gasteiger partial charge in [0.1, 0.15) is 5.78 Å². The number of halogens is 3. The summed E-state index contributed by atoms with van der Waals surface area (Å²) in [7, 11) is 0. The maximum Gasteiger partial charge on any atom is 0.416 e. The molecule has 0 saturated carbocycles. The molecule has 1 aliphatic heterocycles. The van der Waals surface area contributed by atoms with Gasteiger partial charge >= 0.3 is 12.1 Å². The SMILES string of the molecule is CC(=O)CCC(=O)OCC(=O)Nc1cc(C(F)(F)F)ccc1N1CCCC1. The van der Waals surface area contributed by atoms with Crippen molar-refractivity contribution in [3.8, 4) is 0 Å². The van der Waals surface area contributed by atoms with Gasteiger partial charge in [-0.05, 0) is 38.0 Å². The minimum Gasteiger partial charge on any atom is -0.456 e. The summed E-state index contributed by atoms with van der Waals surface area (Å²) in [6.45, 7) is 2.07. The molecule has 1 aliphatic rings. The number of ether oxygens (including phenoxy) is 1. The van der Waals surface area contributed by atoms with Crippen LogP contribution in [0.4, 0.5) is 24.5 Å². The van der Waals surface area contributed by atoms with Crippen molar-refractivity contribution in [2.45, 2.75) is 38.8 Å². The van der Waals surface area contributed by atoms with Crippen molar-refractivity contribution in [2.24, 2.45) is 0 Å². The number of esters is 1. The van der Waals surface area contributed by atoms with Crippen LogP contribution in [0.25, 0.3) is 0 Å². The van der Waals surface area contributed by atoms with Crippen LogP contribution in [-0.2, 0) is 25.3 Å². The molecule has 1 fully saturated rings. The van der Waals surface area contributed by atoms with Gasteiger partial charge in [0.05, 0.1) is 23.4 Å². The second-order valence-electron chi connectivity index (χ2n) is 6.33. The number of nitrogens with one attached hydrogen (secondary N) is 1. The molecule has 2 rings (SSSR count). The topological polar surface area (TPSA) is 75.7 Å². The van der Waals surface area contributed by atoms with E-state index in [2.05, 4.69) is 5.32 Å². The highest BCUT2D eigenvalue weighted by molar-refractivity contribution is 5.96. The highest BCUT2D eigenvalue weighted by Crippen LogP contribution is 2.36. The second-order valence-corrected chi connectivity index (χ2v) is 6.33. The Labute approximate surface area is 154 Å². The van der Waals surface area contributed by atoms with E-state index in [0.717, 1.165) is 25.0 Å². The van der Waals surface area contributed by atoms with Crippen molar-refractivity contribution in [3.05, 3.63) is 23.8 Å². The fourth-order valence-corrected chi connectivity index (χ4v) is 2.73. The number of anilines is 2. The molecule has 0 spiro atoms. The molecular formula is C18H21F3N2O4. The van der Waals surface area contributed by atoms with Gasteiger partial charge < -0.3 is 19.7 Å². The maximum atomic E-state index is 13.0. The van der Waals surface area contributed by atoms with Gasteiger partial charge in [0.2, 0.25) is 0 Å². The van der Waals surface area contributed by atoms with Gasteiger partial charge in [-0.1, -0.05) is 0 Å². The molecule has 0 aliphatic carbocycles. The number of hydrogen-bond acceptors (Lipinski definition) is 5. The van der Waals surface area contributed by atoms with Gasteiger partial charge in [-0.3, -0.25) is 9.59 Å².